The number of ether oxygens (including phenoxy) is 1. The third-order valence-corrected chi connectivity index (χ3v) is 1.61. The number of hydrogen-bond acceptors (Lipinski definition) is 6. The first-order valence-corrected chi connectivity index (χ1v) is 4.89. The van der Waals surface area contributed by atoms with Crippen molar-refractivity contribution in [2.75, 3.05) is 5.32 Å². The molecule has 1 rings (SSSR count). The van der Waals surface area contributed by atoms with Gasteiger partial charge >= 0.3 is 29.2 Å². The van der Waals surface area contributed by atoms with E-state index in [4.69, 9.17) is 0 Å². The molecule has 1 aromatic rings. The van der Waals surface area contributed by atoms with Gasteiger partial charge in [0.25, 0.3) is 5.95 Å². The van der Waals surface area contributed by atoms with Crippen LogP contribution in [0.15, 0.2) is 4.36 Å². The summed E-state index contributed by atoms with van der Waals surface area (Å²) in [6.45, 7) is -3.10. The summed E-state index contributed by atoms with van der Waals surface area (Å²) < 4.78 is 51.1. The highest BCUT2D eigenvalue weighted by atomic mass is 32.2. The topological polar surface area (TPSA) is 116 Å². The zero-order valence-corrected chi connectivity index (χ0v) is 8.98. The average molecular weight is 269 g/mol. The number of nitrogens with zero attached hydrogens (tertiary/aromatic N) is 4. The van der Waals surface area contributed by atoms with Gasteiger partial charge in [0.15, 0.2) is 0 Å². The Morgan fingerprint density at radius 3 is 2.76 bits per heavy atom. The molecule has 0 unspecified atom stereocenters. The van der Waals surface area contributed by atoms with Crippen LogP contribution in [-0.2, 0) is 17.5 Å². The summed E-state index contributed by atoms with van der Waals surface area (Å²) in [5.74, 6) is -0.414. The fourth-order valence-electron chi connectivity index (χ4n) is 0.792. The Labute approximate surface area is 94.1 Å². The van der Waals surface area contributed by atoms with Crippen molar-refractivity contribution in [3.63, 3.8) is 0 Å². The third-order valence-electron chi connectivity index (χ3n) is 1.29. The lowest BCUT2D eigenvalue weighted by molar-refractivity contribution is -0.0583. The molecule has 2 amide bonds. The van der Waals surface area contributed by atoms with E-state index in [1.807, 2.05) is 5.32 Å². The first-order valence-electron chi connectivity index (χ1n) is 3.86. The molecular weight excluding hydrogens is 264 g/mol. The molecule has 0 aliphatic carbocycles. The van der Waals surface area contributed by atoms with Crippen molar-refractivity contribution in [3.05, 3.63) is 0 Å². The molecule has 1 N–H and O–H groups in total. The average Bonchev–Trinajstić information content (AvgIpc) is 2.43. The Hall–Kier alpha value is -2.11. The largest absolute Gasteiger partial charge is 0.401 e. The lowest BCUT2D eigenvalue weighted by atomic mass is 10.9. The van der Waals surface area contributed by atoms with Gasteiger partial charge in [0, 0.05) is 7.05 Å². The third kappa shape index (κ3) is 4.10. The van der Waals surface area contributed by atoms with Crippen molar-refractivity contribution in [3.8, 4) is 6.01 Å². The summed E-state index contributed by atoms with van der Waals surface area (Å²) >= 11 is 0. The summed E-state index contributed by atoms with van der Waals surface area (Å²) in [5, 5.41) is 5.31. The molecule has 0 saturated heterocycles. The number of rotatable bonds is 3. The maximum Gasteiger partial charge on any atom is 0.389 e. The van der Waals surface area contributed by atoms with Crippen LogP contribution < -0.4 is 10.1 Å². The Balaban J connectivity index is 2.80. The number of carbonyl (C=O) groups is 1. The Morgan fingerprint density at radius 1 is 1.59 bits per heavy atom. The highest BCUT2D eigenvalue weighted by molar-refractivity contribution is 7.62. The predicted molar refractivity (Wildman–Crippen MR) is 48.0 cm³/mol. The van der Waals surface area contributed by atoms with Crippen molar-refractivity contribution < 1.29 is 26.7 Å². The van der Waals surface area contributed by atoms with Gasteiger partial charge < -0.3 is 4.74 Å². The number of aryl methyl sites for hydroxylation is 1. The maximum atomic E-state index is 11.9. The molecule has 0 aromatic carbocycles. The SMILES string of the molecule is Cn1nc(NC(=O)N=S(=O)=O)nc1OC(F)F. The number of aromatic nitrogens is 3. The van der Waals surface area contributed by atoms with E-state index in [-0.39, 0.29) is 0 Å². The molecule has 0 aliphatic rings. The Kier molecular flexibility index (Phi) is 4.03. The molecule has 1 heterocycles. The maximum absolute atomic E-state index is 11.9. The molecule has 0 saturated carbocycles. The number of amides is 2. The molecule has 12 heteroatoms. The van der Waals surface area contributed by atoms with E-state index in [9.17, 15) is 22.0 Å². The fourth-order valence-corrected chi connectivity index (χ4v) is 0.973. The smallest absolute Gasteiger partial charge is 0.389 e. The van der Waals surface area contributed by atoms with Crippen LogP contribution in [-0.4, -0.2) is 35.8 Å². The highest BCUT2D eigenvalue weighted by Gasteiger charge is 2.14. The second-order valence-electron chi connectivity index (χ2n) is 2.46. The second-order valence-corrected chi connectivity index (χ2v) is 3.08. The van der Waals surface area contributed by atoms with E-state index < -0.39 is 35.1 Å². The van der Waals surface area contributed by atoms with Crippen LogP contribution in [0.2, 0.25) is 0 Å². The van der Waals surface area contributed by atoms with Crippen LogP contribution in [0.3, 0.4) is 0 Å². The van der Waals surface area contributed by atoms with Gasteiger partial charge in [-0.2, -0.15) is 22.2 Å². The van der Waals surface area contributed by atoms with Crippen LogP contribution in [0, 0.1) is 0 Å². The zero-order valence-electron chi connectivity index (χ0n) is 8.16. The summed E-state index contributed by atoms with van der Waals surface area (Å²) in [6.07, 6.45) is 0. The van der Waals surface area contributed by atoms with Crippen LogP contribution >= 0.6 is 0 Å². The van der Waals surface area contributed by atoms with E-state index in [2.05, 4.69) is 19.2 Å². The van der Waals surface area contributed by atoms with Crippen molar-refractivity contribution in [2.24, 2.45) is 11.4 Å². The quantitative estimate of drug-likeness (QED) is 0.826. The lowest BCUT2D eigenvalue weighted by Gasteiger charge is -1.99. The van der Waals surface area contributed by atoms with Crippen LogP contribution in [0.4, 0.5) is 19.5 Å². The zero-order chi connectivity index (χ0) is 13.0. The number of nitrogens with one attached hydrogen (secondary N) is 1. The van der Waals surface area contributed by atoms with Crippen LogP contribution in [0.5, 0.6) is 6.01 Å². The fraction of sp³-hybridized carbons (Fsp3) is 0.400. The van der Waals surface area contributed by atoms with Gasteiger partial charge in [0.2, 0.25) is 0 Å². The monoisotopic (exact) mass is 269 g/mol. The van der Waals surface area contributed by atoms with Gasteiger partial charge in [0.05, 0.1) is 0 Å². The molecule has 0 fully saturated rings. The molecule has 1 aromatic heterocycles. The van der Waals surface area contributed by atoms with Gasteiger partial charge in [-0.25, -0.2) is 9.48 Å². The van der Waals surface area contributed by atoms with Crippen LogP contribution in [0.1, 0.15) is 0 Å². The summed E-state index contributed by atoms with van der Waals surface area (Å²) in [5.41, 5.74) is 0. The van der Waals surface area contributed by atoms with Gasteiger partial charge in [-0.3, -0.25) is 5.32 Å². The number of hydrogen-bond donors (Lipinski definition) is 1. The lowest BCUT2D eigenvalue weighted by Crippen LogP contribution is -2.07. The van der Waals surface area contributed by atoms with Crippen molar-refractivity contribution in [2.45, 2.75) is 6.61 Å². The summed E-state index contributed by atoms with van der Waals surface area (Å²) in [6, 6.07) is -1.80. The van der Waals surface area contributed by atoms with Gasteiger partial charge in [-0.1, -0.05) is 4.36 Å². The van der Waals surface area contributed by atoms with E-state index in [0.29, 0.717) is 0 Å². The molecule has 94 valence electrons. The number of alkyl halides is 2. The molecular formula is C5H5F2N5O4S. The summed E-state index contributed by atoms with van der Waals surface area (Å²) in [4.78, 5) is 14.2. The van der Waals surface area contributed by atoms with E-state index in [0.717, 1.165) is 4.68 Å². The van der Waals surface area contributed by atoms with E-state index >= 15 is 0 Å². The van der Waals surface area contributed by atoms with Gasteiger partial charge in [-0.05, 0) is 0 Å². The molecule has 17 heavy (non-hydrogen) atoms. The number of halogens is 2. The minimum Gasteiger partial charge on any atom is -0.401 e. The molecule has 9 nitrogen and oxygen atoms in total. The van der Waals surface area contributed by atoms with Crippen molar-refractivity contribution in [1.82, 2.24) is 14.8 Å². The van der Waals surface area contributed by atoms with Gasteiger partial charge in [-0.15, -0.1) is 5.10 Å². The Morgan fingerprint density at radius 2 is 2.24 bits per heavy atom. The summed E-state index contributed by atoms with van der Waals surface area (Å²) in [7, 11) is -1.69. The van der Waals surface area contributed by atoms with Crippen molar-refractivity contribution in [1.29, 1.82) is 0 Å². The van der Waals surface area contributed by atoms with Crippen molar-refractivity contribution >= 4 is 22.5 Å². The van der Waals surface area contributed by atoms with E-state index in [1.165, 1.54) is 7.05 Å². The minimum atomic E-state index is -3.10. The molecule has 0 aliphatic heterocycles. The molecule has 0 bridgehead atoms. The molecule has 0 atom stereocenters. The van der Waals surface area contributed by atoms with E-state index in [1.54, 1.807) is 0 Å². The normalized spacial score (nSPS) is 10.1. The molecule has 0 radical (unpaired) electrons. The number of carbonyl (C=O) groups excluding carboxylic acids is 1. The first-order chi connectivity index (χ1) is 7.88. The predicted octanol–water partition coefficient (Wildman–Crippen LogP) is 0.0111. The first kappa shape index (κ1) is 13.0. The number of anilines is 1. The second kappa shape index (κ2) is 5.29. The Bertz CT molecular complexity index is 545. The minimum absolute atomic E-state index is 0.414. The molecule has 0 spiro atoms. The van der Waals surface area contributed by atoms with Crippen LogP contribution in [0.25, 0.3) is 0 Å². The standard InChI is InChI=1S/C5H5F2N5O4S/c1-12-5(16-2(6)7)9-3(10-12)8-4(13)11-17(14)15/h2H,1H3,(H,8,10,13). The van der Waals surface area contributed by atoms with Gasteiger partial charge in [0.1, 0.15) is 0 Å². The number of urea groups is 1. The highest BCUT2D eigenvalue weighted by Crippen LogP contribution is 2.12.